The van der Waals surface area contributed by atoms with Gasteiger partial charge in [-0.15, -0.1) is 0 Å². The molecule has 0 saturated heterocycles. The summed E-state index contributed by atoms with van der Waals surface area (Å²) in [5.74, 6) is 0. The number of anilines is 2. The summed E-state index contributed by atoms with van der Waals surface area (Å²) in [6.45, 7) is 3.21. The van der Waals surface area contributed by atoms with Crippen LogP contribution in [0.4, 0.5) is 11.4 Å². The molecule has 0 aromatic heterocycles. The monoisotopic (exact) mass is 322 g/mol. The molecule has 2 nitrogen and oxygen atoms in total. The van der Waals surface area contributed by atoms with Gasteiger partial charge in [-0.2, -0.15) is 0 Å². The Morgan fingerprint density at radius 2 is 1.67 bits per heavy atom. The lowest BCUT2D eigenvalue weighted by molar-refractivity contribution is 0.185. The van der Waals surface area contributed by atoms with Crippen LogP contribution < -0.4 is 5.32 Å². The molecule has 1 aliphatic rings. The van der Waals surface area contributed by atoms with Crippen LogP contribution in [0.25, 0.3) is 0 Å². The predicted molar refractivity (Wildman–Crippen MR) is 104 cm³/mol. The van der Waals surface area contributed by atoms with E-state index in [1.807, 2.05) is 0 Å². The Balaban J connectivity index is 1.69. The molecule has 128 valence electrons. The van der Waals surface area contributed by atoms with E-state index in [0.717, 1.165) is 19.0 Å². The maximum atomic E-state index is 3.61. The summed E-state index contributed by atoms with van der Waals surface area (Å²) in [5, 5.41) is 3.61. The molecule has 1 N–H and O–H groups in total. The van der Waals surface area contributed by atoms with Crippen LogP contribution in [0.2, 0.25) is 0 Å². The topological polar surface area (TPSA) is 15.3 Å². The fourth-order valence-corrected chi connectivity index (χ4v) is 3.68. The van der Waals surface area contributed by atoms with Crippen molar-refractivity contribution in [3.63, 3.8) is 0 Å². The van der Waals surface area contributed by atoms with E-state index in [9.17, 15) is 0 Å². The van der Waals surface area contributed by atoms with Crippen LogP contribution in [0.3, 0.4) is 0 Å². The highest BCUT2D eigenvalue weighted by atomic mass is 15.1. The van der Waals surface area contributed by atoms with Crippen molar-refractivity contribution in [3.8, 4) is 0 Å². The van der Waals surface area contributed by atoms with Crippen LogP contribution in [-0.4, -0.2) is 18.0 Å². The minimum atomic E-state index is 0.746. The Kier molecular flexibility index (Phi) is 5.92. The summed E-state index contributed by atoms with van der Waals surface area (Å²) in [7, 11) is 2.28. The second-order valence-corrected chi connectivity index (χ2v) is 7.04. The van der Waals surface area contributed by atoms with Crippen LogP contribution in [0.1, 0.15) is 50.2 Å². The standard InChI is InChI=1S/C22H30N2/c1-3-18-13-15-20(16-14-18)23-22-12-8-7-9-19(22)17-24(2)21-10-5-4-6-11-21/h7-9,12-16,21,23H,3-6,10-11,17H2,1-2H3. The molecule has 0 aliphatic heterocycles. The molecular weight excluding hydrogens is 292 g/mol. The molecule has 1 aliphatic carbocycles. The second kappa shape index (κ2) is 8.34. The number of benzene rings is 2. The smallest absolute Gasteiger partial charge is 0.0429 e. The third-order valence-corrected chi connectivity index (χ3v) is 5.28. The molecule has 3 rings (SSSR count). The van der Waals surface area contributed by atoms with Gasteiger partial charge >= 0.3 is 0 Å². The summed E-state index contributed by atoms with van der Waals surface area (Å²) in [6.07, 6.45) is 7.98. The van der Waals surface area contributed by atoms with Gasteiger partial charge in [0.1, 0.15) is 0 Å². The first-order chi connectivity index (χ1) is 11.8. The minimum absolute atomic E-state index is 0.746. The van der Waals surface area contributed by atoms with E-state index in [1.165, 1.54) is 54.6 Å². The van der Waals surface area contributed by atoms with Gasteiger partial charge in [-0.05, 0) is 55.6 Å². The molecule has 2 aromatic carbocycles. The van der Waals surface area contributed by atoms with Crippen molar-refractivity contribution < 1.29 is 0 Å². The highest BCUT2D eigenvalue weighted by Crippen LogP contribution is 2.26. The van der Waals surface area contributed by atoms with Crippen LogP contribution >= 0.6 is 0 Å². The second-order valence-electron chi connectivity index (χ2n) is 7.04. The normalized spacial score (nSPS) is 15.6. The number of para-hydroxylation sites is 1. The van der Waals surface area contributed by atoms with Gasteiger partial charge in [-0.3, -0.25) is 4.90 Å². The van der Waals surface area contributed by atoms with Gasteiger partial charge < -0.3 is 5.32 Å². The molecule has 0 bridgehead atoms. The van der Waals surface area contributed by atoms with Crippen molar-refractivity contribution in [3.05, 3.63) is 59.7 Å². The van der Waals surface area contributed by atoms with E-state index in [-0.39, 0.29) is 0 Å². The van der Waals surface area contributed by atoms with Gasteiger partial charge in [0.15, 0.2) is 0 Å². The highest BCUT2D eigenvalue weighted by molar-refractivity contribution is 5.63. The fourth-order valence-electron chi connectivity index (χ4n) is 3.68. The van der Waals surface area contributed by atoms with E-state index >= 15 is 0 Å². The molecule has 0 amide bonds. The molecular formula is C22H30N2. The molecule has 0 unspecified atom stereocenters. The molecule has 0 atom stereocenters. The van der Waals surface area contributed by atoms with E-state index in [0.29, 0.717) is 0 Å². The largest absolute Gasteiger partial charge is 0.355 e. The lowest BCUT2D eigenvalue weighted by atomic mass is 9.94. The fraction of sp³-hybridized carbons (Fsp3) is 0.455. The zero-order valence-corrected chi connectivity index (χ0v) is 15.1. The van der Waals surface area contributed by atoms with Crippen molar-refractivity contribution in [1.82, 2.24) is 4.90 Å². The van der Waals surface area contributed by atoms with Gasteiger partial charge in [-0.1, -0.05) is 56.5 Å². The maximum Gasteiger partial charge on any atom is 0.0429 e. The summed E-state index contributed by atoms with van der Waals surface area (Å²) in [5.41, 5.74) is 5.15. The van der Waals surface area contributed by atoms with Crippen molar-refractivity contribution in [2.24, 2.45) is 0 Å². The molecule has 0 radical (unpaired) electrons. The Hall–Kier alpha value is -1.80. The van der Waals surface area contributed by atoms with E-state index in [1.54, 1.807) is 0 Å². The van der Waals surface area contributed by atoms with Crippen LogP contribution in [0.5, 0.6) is 0 Å². The summed E-state index contributed by atoms with van der Waals surface area (Å²) in [4.78, 5) is 2.54. The Bertz CT molecular complexity index is 627. The van der Waals surface area contributed by atoms with Gasteiger partial charge in [0, 0.05) is 24.0 Å². The lowest BCUT2D eigenvalue weighted by Gasteiger charge is -2.31. The number of nitrogens with zero attached hydrogens (tertiary/aromatic N) is 1. The van der Waals surface area contributed by atoms with Crippen LogP contribution in [0.15, 0.2) is 48.5 Å². The zero-order valence-electron chi connectivity index (χ0n) is 15.1. The van der Waals surface area contributed by atoms with Crippen molar-refractivity contribution in [1.29, 1.82) is 0 Å². The molecule has 1 saturated carbocycles. The molecule has 0 spiro atoms. The summed E-state index contributed by atoms with van der Waals surface area (Å²) in [6, 6.07) is 18.2. The average Bonchev–Trinajstić information content (AvgIpc) is 2.64. The Labute approximate surface area is 146 Å². The SMILES string of the molecule is CCc1ccc(Nc2ccccc2CN(C)C2CCCCC2)cc1. The van der Waals surface area contributed by atoms with Crippen LogP contribution in [0, 0.1) is 0 Å². The predicted octanol–water partition coefficient (Wildman–Crippen LogP) is 5.76. The first kappa shape index (κ1) is 17.0. The van der Waals surface area contributed by atoms with Crippen LogP contribution in [-0.2, 0) is 13.0 Å². The van der Waals surface area contributed by atoms with Crippen molar-refractivity contribution >= 4 is 11.4 Å². The molecule has 2 heteroatoms. The number of hydrogen-bond donors (Lipinski definition) is 1. The van der Waals surface area contributed by atoms with Crippen molar-refractivity contribution in [2.75, 3.05) is 12.4 Å². The van der Waals surface area contributed by atoms with E-state index in [2.05, 4.69) is 72.7 Å². The van der Waals surface area contributed by atoms with Gasteiger partial charge in [0.2, 0.25) is 0 Å². The maximum absolute atomic E-state index is 3.61. The number of hydrogen-bond acceptors (Lipinski definition) is 2. The van der Waals surface area contributed by atoms with Gasteiger partial charge in [0.25, 0.3) is 0 Å². The summed E-state index contributed by atoms with van der Waals surface area (Å²) < 4.78 is 0. The number of nitrogens with one attached hydrogen (secondary N) is 1. The third kappa shape index (κ3) is 4.39. The Morgan fingerprint density at radius 1 is 0.958 bits per heavy atom. The molecule has 2 aromatic rings. The Morgan fingerprint density at radius 3 is 2.38 bits per heavy atom. The average molecular weight is 322 g/mol. The number of rotatable bonds is 6. The zero-order chi connectivity index (χ0) is 16.8. The first-order valence-electron chi connectivity index (χ1n) is 9.40. The lowest BCUT2D eigenvalue weighted by Crippen LogP contribution is -2.33. The quantitative estimate of drug-likeness (QED) is 0.727. The number of aryl methyl sites for hydroxylation is 1. The molecule has 24 heavy (non-hydrogen) atoms. The first-order valence-corrected chi connectivity index (χ1v) is 9.40. The van der Waals surface area contributed by atoms with E-state index in [4.69, 9.17) is 0 Å². The van der Waals surface area contributed by atoms with Gasteiger partial charge in [-0.25, -0.2) is 0 Å². The highest BCUT2D eigenvalue weighted by Gasteiger charge is 2.18. The summed E-state index contributed by atoms with van der Waals surface area (Å²) >= 11 is 0. The van der Waals surface area contributed by atoms with Crippen molar-refractivity contribution in [2.45, 2.75) is 58.0 Å². The molecule has 0 heterocycles. The third-order valence-electron chi connectivity index (χ3n) is 5.28. The van der Waals surface area contributed by atoms with Gasteiger partial charge in [0.05, 0.1) is 0 Å². The molecule has 1 fully saturated rings. The minimum Gasteiger partial charge on any atom is -0.355 e. The van der Waals surface area contributed by atoms with E-state index < -0.39 is 0 Å².